The van der Waals surface area contributed by atoms with Gasteiger partial charge in [0.25, 0.3) is 0 Å². The quantitative estimate of drug-likeness (QED) is 0.805. The Kier molecular flexibility index (Phi) is 2.74. The van der Waals surface area contributed by atoms with Gasteiger partial charge in [-0.1, -0.05) is 26.0 Å². The number of hydrogen-bond donors (Lipinski definition) is 0. The van der Waals surface area contributed by atoms with Gasteiger partial charge < -0.3 is 4.90 Å². The molecule has 2 nitrogen and oxygen atoms in total. The van der Waals surface area contributed by atoms with Crippen LogP contribution >= 0.6 is 0 Å². The fourth-order valence-electron chi connectivity index (χ4n) is 2.96. The van der Waals surface area contributed by atoms with Crippen molar-refractivity contribution < 1.29 is 4.79 Å². The van der Waals surface area contributed by atoms with Crippen LogP contribution in [0.2, 0.25) is 0 Å². The first kappa shape index (κ1) is 12.7. The van der Waals surface area contributed by atoms with Crippen LogP contribution in [-0.2, 0) is 10.2 Å². The van der Waals surface area contributed by atoms with Gasteiger partial charge in [0.1, 0.15) is 0 Å². The van der Waals surface area contributed by atoms with E-state index in [0.717, 1.165) is 18.2 Å². The van der Waals surface area contributed by atoms with Gasteiger partial charge in [0.05, 0.1) is 5.41 Å². The van der Waals surface area contributed by atoms with Crippen molar-refractivity contribution in [3.05, 3.63) is 29.3 Å². The van der Waals surface area contributed by atoms with Crippen molar-refractivity contribution in [1.29, 1.82) is 0 Å². The number of amides is 1. The number of anilines is 1. The highest BCUT2D eigenvalue weighted by Crippen LogP contribution is 2.44. The van der Waals surface area contributed by atoms with Crippen LogP contribution in [0, 0.1) is 5.92 Å². The Bertz CT molecular complexity index is 526. The van der Waals surface area contributed by atoms with E-state index in [1.807, 2.05) is 4.90 Å². The van der Waals surface area contributed by atoms with Gasteiger partial charge in [0.15, 0.2) is 0 Å². The van der Waals surface area contributed by atoms with Crippen LogP contribution in [0.25, 0.3) is 0 Å². The van der Waals surface area contributed by atoms with Gasteiger partial charge in [0, 0.05) is 12.2 Å². The standard InChI is InChI=1S/C17H23NO/c1-11(2)13-7-8-14-15(9-13)18(10-12-5-6-12)16(19)17(14,3)4/h7-9,11-12H,5-6,10H2,1-4H3. The SMILES string of the molecule is CC(C)c1ccc2c(c1)N(CC1CC1)C(=O)C2(C)C. The molecule has 1 aliphatic heterocycles. The molecule has 1 amide bonds. The minimum Gasteiger partial charge on any atom is -0.311 e. The molecular weight excluding hydrogens is 234 g/mol. The Hall–Kier alpha value is -1.31. The number of carbonyl (C=O) groups excluding carboxylic acids is 1. The molecule has 0 spiro atoms. The molecule has 0 saturated heterocycles. The van der Waals surface area contributed by atoms with Crippen molar-refractivity contribution in [2.75, 3.05) is 11.4 Å². The highest BCUT2D eigenvalue weighted by atomic mass is 16.2. The summed E-state index contributed by atoms with van der Waals surface area (Å²) in [5, 5.41) is 0. The van der Waals surface area contributed by atoms with Crippen LogP contribution in [0.5, 0.6) is 0 Å². The van der Waals surface area contributed by atoms with E-state index < -0.39 is 0 Å². The highest BCUT2D eigenvalue weighted by Gasteiger charge is 2.45. The molecule has 19 heavy (non-hydrogen) atoms. The summed E-state index contributed by atoms with van der Waals surface area (Å²) in [5.74, 6) is 1.51. The largest absolute Gasteiger partial charge is 0.311 e. The highest BCUT2D eigenvalue weighted by molar-refractivity contribution is 6.07. The maximum Gasteiger partial charge on any atom is 0.237 e. The summed E-state index contributed by atoms with van der Waals surface area (Å²) in [7, 11) is 0. The summed E-state index contributed by atoms with van der Waals surface area (Å²) < 4.78 is 0. The Morgan fingerprint density at radius 2 is 2.00 bits per heavy atom. The second kappa shape index (κ2) is 4.09. The van der Waals surface area contributed by atoms with E-state index in [9.17, 15) is 4.79 Å². The lowest BCUT2D eigenvalue weighted by Gasteiger charge is -2.20. The molecule has 102 valence electrons. The van der Waals surface area contributed by atoms with E-state index in [2.05, 4.69) is 45.9 Å². The van der Waals surface area contributed by atoms with Crippen LogP contribution in [0.1, 0.15) is 57.6 Å². The Labute approximate surface area is 115 Å². The molecule has 3 rings (SSSR count). The molecule has 1 aromatic rings. The second-order valence-corrected chi connectivity index (χ2v) is 6.92. The molecule has 0 atom stereocenters. The molecule has 1 heterocycles. The van der Waals surface area contributed by atoms with Gasteiger partial charge in [-0.25, -0.2) is 0 Å². The minimum atomic E-state index is -0.361. The zero-order valence-electron chi connectivity index (χ0n) is 12.4. The second-order valence-electron chi connectivity index (χ2n) is 6.92. The summed E-state index contributed by atoms with van der Waals surface area (Å²) in [5.41, 5.74) is 3.32. The van der Waals surface area contributed by atoms with E-state index in [4.69, 9.17) is 0 Å². The summed E-state index contributed by atoms with van der Waals surface area (Å²) in [6.07, 6.45) is 2.56. The molecule has 0 unspecified atom stereocenters. The van der Waals surface area contributed by atoms with Crippen LogP contribution in [0.4, 0.5) is 5.69 Å². The summed E-state index contributed by atoms with van der Waals surface area (Å²) in [6.45, 7) is 9.42. The molecule has 1 aliphatic carbocycles. The number of carbonyl (C=O) groups is 1. The van der Waals surface area contributed by atoms with E-state index in [-0.39, 0.29) is 11.3 Å². The topological polar surface area (TPSA) is 20.3 Å². The van der Waals surface area contributed by atoms with Crippen molar-refractivity contribution in [3.63, 3.8) is 0 Å². The van der Waals surface area contributed by atoms with Crippen molar-refractivity contribution in [1.82, 2.24) is 0 Å². The molecule has 0 N–H and O–H groups in total. The zero-order chi connectivity index (χ0) is 13.8. The van der Waals surface area contributed by atoms with E-state index >= 15 is 0 Å². The van der Waals surface area contributed by atoms with Crippen LogP contribution in [0.15, 0.2) is 18.2 Å². The van der Waals surface area contributed by atoms with Crippen LogP contribution < -0.4 is 4.90 Å². The third-order valence-electron chi connectivity index (χ3n) is 4.57. The Balaban J connectivity index is 2.05. The van der Waals surface area contributed by atoms with Gasteiger partial charge in [-0.3, -0.25) is 4.79 Å². The monoisotopic (exact) mass is 257 g/mol. The summed E-state index contributed by atoms with van der Waals surface area (Å²) in [4.78, 5) is 14.7. The fraction of sp³-hybridized carbons (Fsp3) is 0.588. The van der Waals surface area contributed by atoms with Crippen molar-refractivity contribution in [2.24, 2.45) is 5.92 Å². The lowest BCUT2D eigenvalue weighted by atomic mass is 9.85. The molecule has 0 aromatic heterocycles. The first-order chi connectivity index (χ1) is 8.91. The van der Waals surface area contributed by atoms with Crippen molar-refractivity contribution >= 4 is 11.6 Å². The predicted octanol–water partition coefficient (Wildman–Crippen LogP) is 3.84. The smallest absolute Gasteiger partial charge is 0.237 e. The first-order valence-corrected chi connectivity index (χ1v) is 7.37. The Morgan fingerprint density at radius 3 is 2.58 bits per heavy atom. The number of nitrogens with zero attached hydrogens (tertiary/aromatic N) is 1. The zero-order valence-corrected chi connectivity index (χ0v) is 12.4. The summed E-state index contributed by atoms with van der Waals surface area (Å²) in [6, 6.07) is 6.57. The lowest BCUT2D eigenvalue weighted by Crippen LogP contribution is -2.37. The van der Waals surface area contributed by atoms with Gasteiger partial charge >= 0.3 is 0 Å². The fourth-order valence-corrected chi connectivity index (χ4v) is 2.96. The number of fused-ring (bicyclic) bond motifs is 1. The molecular formula is C17H23NO. The normalized spacial score (nSPS) is 21.1. The maximum absolute atomic E-state index is 12.7. The van der Waals surface area contributed by atoms with Crippen molar-refractivity contribution in [3.8, 4) is 0 Å². The third-order valence-corrected chi connectivity index (χ3v) is 4.57. The predicted molar refractivity (Wildman–Crippen MR) is 78.6 cm³/mol. The Morgan fingerprint density at radius 1 is 1.32 bits per heavy atom. The average molecular weight is 257 g/mol. The van der Waals surface area contributed by atoms with E-state index in [1.165, 1.54) is 24.0 Å². The van der Waals surface area contributed by atoms with Gasteiger partial charge in [-0.05, 0) is 55.7 Å². The molecule has 2 aliphatic rings. The molecule has 0 bridgehead atoms. The van der Waals surface area contributed by atoms with Gasteiger partial charge in [-0.15, -0.1) is 0 Å². The van der Waals surface area contributed by atoms with Crippen molar-refractivity contribution in [2.45, 2.75) is 51.9 Å². The maximum atomic E-state index is 12.7. The van der Waals surface area contributed by atoms with Gasteiger partial charge in [-0.2, -0.15) is 0 Å². The summed E-state index contributed by atoms with van der Waals surface area (Å²) >= 11 is 0. The minimum absolute atomic E-state index is 0.273. The van der Waals surface area contributed by atoms with E-state index in [1.54, 1.807) is 0 Å². The molecule has 1 saturated carbocycles. The number of rotatable bonds is 3. The first-order valence-electron chi connectivity index (χ1n) is 7.37. The molecule has 1 aromatic carbocycles. The lowest BCUT2D eigenvalue weighted by molar-refractivity contribution is -0.122. The van der Waals surface area contributed by atoms with Crippen LogP contribution in [-0.4, -0.2) is 12.5 Å². The molecule has 2 heteroatoms. The van der Waals surface area contributed by atoms with Gasteiger partial charge in [0.2, 0.25) is 5.91 Å². The number of hydrogen-bond acceptors (Lipinski definition) is 1. The third kappa shape index (κ3) is 1.98. The van der Waals surface area contributed by atoms with Crippen LogP contribution in [0.3, 0.4) is 0 Å². The van der Waals surface area contributed by atoms with E-state index in [0.29, 0.717) is 5.92 Å². The molecule has 0 radical (unpaired) electrons. The average Bonchev–Trinajstić information content (AvgIpc) is 3.15. The number of benzene rings is 1. The molecule has 1 fully saturated rings.